The Bertz CT molecular complexity index is 385. The lowest BCUT2D eigenvalue weighted by molar-refractivity contribution is -0.138. The van der Waals surface area contributed by atoms with E-state index in [0.29, 0.717) is 26.1 Å². The lowest BCUT2D eigenvalue weighted by Crippen LogP contribution is -2.44. The molecule has 7 heteroatoms. The number of hydrogen-bond acceptors (Lipinski definition) is 3. The molecule has 2 fully saturated rings. The van der Waals surface area contributed by atoms with E-state index in [1.807, 2.05) is 0 Å². The highest BCUT2D eigenvalue weighted by atomic mass is 16.4. The maximum atomic E-state index is 11.9. The van der Waals surface area contributed by atoms with Crippen molar-refractivity contribution >= 4 is 17.9 Å². The fraction of sp³-hybridized carbons (Fsp3) is 0.750. The number of nitrogens with zero attached hydrogens (tertiary/aromatic N) is 1. The molecule has 106 valence electrons. The molecule has 0 aliphatic carbocycles. The summed E-state index contributed by atoms with van der Waals surface area (Å²) in [5.74, 6) is -0.739. The first kappa shape index (κ1) is 13.6. The van der Waals surface area contributed by atoms with Crippen molar-refractivity contribution in [1.29, 1.82) is 0 Å². The van der Waals surface area contributed by atoms with E-state index in [0.717, 1.165) is 12.8 Å². The van der Waals surface area contributed by atoms with E-state index < -0.39 is 5.97 Å². The summed E-state index contributed by atoms with van der Waals surface area (Å²) in [5.41, 5.74) is 0. The molecule has 2 atom stereocenters. The molecule has 2 heterocycles. The van der Waals surface area contributed by atoms with Crippen LogP contribution >= 0.6 is 0 Å². The van der Waals surface area contributed by atoms with E-state index in [-0.39, 0.29) is 30.3 Å². The van der Waals surface area contributed by atoms with Crippen molar-refractivity contribution in [2.24, 2.45) is 5.92 Å². The third-order valence-electron chi connectivity index (χ3n) is 3.62. The van der Waals surface area contributed by atoms with Gasteiger partial charge in [0.25, 0.3) is 0 Å². The van der Waals surface area contributed by atoms with Gasteiger partial charge in [-0.05, 0) is 18.8 Å². The summed E-state index contributed by atoms with van der Waals surface area (Å²) in [4.78, 5) is 35.1. The first-order valence-electron chi connectivity index (χ1n) is 6.58. The number of carbonyl (C=O) groups is 3. The Morgan fingerprint density at radius 3 is 2.84 bits per heavy atom. The Balaban J connectivity index is 1.69. The van der Waals surface area contributed by atoms with E-state index in [4.69, 9.17) is 5.11 Å². The smallest absolute Gasteiger partial charge is 0.317 e. The topological polar surface area (TPSA) is 98.7 Å². The number of amides is 3. The number of likely N-dealkylation sites (tertiary alicyclic amines) is 1. The van der Waals surface area contributed by atoms with Gasteiger partial charge in [0.05, 0.1) is 0 Å². The molecule has 0 aromatic rings. The highest BCUT2D eigenvalue weighted by Crippen LogP contribution is 2.19. The van der Waals surface area contributed by atoms with Crippen LogP contribution in [0, 0.1) is 5.92 Å². The number of aliphatic carboxylic acids is 1. The Morgan fingerprint density at radius 2 is 2.21 bits per heavy atom. The number of carboxylic acid groups (broad SMARTS) is 1. The van der Waals surface area contributed by atoms with E-state index in [1.165, 1.54) is 0 Å². The van der Waals surface area contributed by atoms with E-state index in [1.54, 1.807) is 4.90 Å². The van der Waals surface area contributed by atoms with Gasteiger partial charge < -0.3 is 20.6 Å². The molecule has 2 saturated heterocycles. The van der Waals surface area contributed by atoms with Crippen LogP contribution in [0.15, 0.2) is 0 Å². The van der Waals surface area contributed by atoms with Gasteiger partial charge in [0.2, 0.25) is 5.91 Å². The number of nitrogens with one attached hydrogen (secondary N) is 2. The summed E-state index contributed by atoms with van der Waals surface area (Å²) in [6.07, 6.45) is 2.12. The molecule has 19 heavy (non-hydrogen) atoms. The molecule has 0 radical (unpaired) electrons. The third-order valence-corrected chi connectivity index (χ3v) is 3.62. The second-order valence-electron chi connectivity index (χ2n) is 5.19. The molecule has 0 aromatic carbocycles. The van der Waals surface area contributed by atoms with Gasteiger partial charge in [0.15, 0.2) is 0 Å². The molecule has 0 aromatic heterocycles. The molecular weight excluding hydrogens is 250 g/mol. The summed E-state index contributed by atoms with van der Waals surface area (Å²) in [7, 11) is 0. The highest BCUT2D eigenvalue weighted by molar-refractivity contribution is 5.79. The maximum absolute atomic E-state index is 11.9. The molecule has 0 bridgehead atoms. The van der Waals surface area contributed by atoms with Crippen molar-refractivity contribution in [3.63, 3.8) is 0 Å². The average molecular weight is 269 g/mol. The molecule has 3 amide bonds. The van der Waals surface area contributed by atoms with Crippen molar-refractivity contribution in [3.05, 3.63) is 0 Å². The predicted molar refractivity (Wildman–Crippen MR) is 66.5 cm³/mol. The minimum absolute atomic E-state index is 0.0221. The first-order chi connectivity index (χ1) is 9.04. The van der Waals surface area contributed by atoms with E-state index in [2.05, 4.69) is 10.6 Å². The zero-order valence-corrected chi connectivity index (χ0v) is 10.7. The van der Waals surface area contributed by atoms with E-state index in [9.17, 15) is 14.4 Å². The SMILES string of the molecule is O=C(O)CC1CCN(C(=O)NCC2CCC(=O)N2)C1. The van der Waals surface area contributed by atoms with Crippen LogP contribution in [-0.2, 0) is 9.59 Å². The fourth-order valence-corrected chi connectivity index (χ4v) is 2.58. The Hall–Kier alpha value is -1.79. The van der Waals surface area contributed by atoms with Crippen molar-refractivity contribution in [2.45, 2.75) is 31.7 Å². The van der Waals surface area contributed by atoms with Crippen LogP contribution in [0.4, 0.5) is 4.79 Å². The van der Waals surface area contributed by atoms with Gasteiger partial charge in [-0.25, -0.2) is 4.79 Å². The van der Waals surface area contributed by atoms with Gasteiger partial charge >= 0.3 is 12.0 Å². The molecule has 0 saturated carbocycles. The second kappa shape index (κ2) is 5.90. The summed E-state index contributed by atoms with van der Waals surface area (Å²) >= 11 is 0. The zero-order valence-electron chi connectivity index (χ0n) is 10.7. The van der Waals surface area contributed by atoms with E-state index >= 15 is 0 Å². The number of carboxylic acids is 1. The fourth-order valence-electron chi connectivity index (χ4n) is 2.58. The van der Waals surface area contributed by atoms with Crippen molar-refractivity contribution in [1.82, 2.24) is 15.5 Å². The second-order valence-corrected chi connectivity index (χ2v) is 5.19. The number of carbonyl (C=O) groups excluding carboxylic acids is 2. The summed E-state index contributed by atoms with van der Waals surface area (Å²) < 4.78 is 0. The molecule has 2 aliphatic heterocycles. The van der Waals surface area contributed by atoms with Gasteiger partial charge in [-0.3, -0.25) is 9.59 Å². The molecule has 2 rings (SSSR count). The lowest BCUT2D eigenvalue weighted by Gasteiger charge is -2.19. The van der Waals surface area contributed by atoms with Crippen LogP contribution in [-0.4, -0.2) is 53.6 Å². The number of hydrogen-bond donors (Lipinski definition) is 3. The van der Waals surface area contributed by atoms with Gasteiger partial charge in [-0.2, -0.15) is 0 Å². The van der Waals surface area contributed by atoms with Crippen molar-refractivity contribution < 1.29 is 19.5 Å². The molecule has 2 aliphatic rings. The van der Waals surface area contributed by atoms with Crippen LogP contribution < -0.4 is 10.6 Å². The van der Waals surface area contributed by atoms with Crippen molar-refractivity contribution in [2.75, 3.05) is 19.6 Å². The van der Waals surface area contributed by atoms with Gasteiger partial charge in [0.1, 0.15) is 0 Å². The molecule has 2 unspecified atom stereocenters. The van der Waals surface area contributed by atoms with Crippen LogP contribution in [0.25, 0.3) is 0 Å². The van der Waals surface area contributed by atoms with Crippen LogP contribution in [0.1, 0.15) is 25.7 Å². The Labute approximate surface area is 111 Å². The molecule has 7 nitrogen and oxygen atoms in total. The average Bonchev–Trinajstić information content (AvgIpc) is 2.95. The Morgan fingerprint density at radius 1 is 1.42 bits per heavy atom. The normalized spacial score (nSPS) is 26.3. The highest BCUT2D eigenvalue weighted by Gasteiger charge is 2.28. The standard InChI is InChI=1S/C12H19N3O4/c16-10-2-1-9(14-10)6-13-12(19)15-4-3-8(7-15)5-11(17)18/h8-9H,1-7H2,(H,13,19)(H,14,16)(H,17,18). The quantitative estimate of drug-likeness (QED) is 0.656. The maximum Gasteiger partial charge on any atom is 0.317 e. The largest absolute Gasteiger partial charge is 0.481 e. The first-order valence-corrected chi connectivity index (χ1v) is 6.58. The number of urea groups is 1. The van der Waals surface area contributed by atoms with Crippen LogP contribution in [0.2, 0.25) is 0 Å². The lowest BCUT2D eigenvalue weighted by atomic mass is 10.1. The predicted octanol–water partition coefficient (Wildman–Crippen LogP) is -0.229. The minimum Gasteiger partial charge on any atom is -0.481 e. The minimum atomic E-state index is -0.819. The monoisotopic (exact) mass is 269 g/mol. The molecule has 3 N–H and O–H groups in total. The zero-order chi connectivity index (χ0) is 13.8. The summed E-state index contributed by atoms with van der Waals surface area (Å²) in [6, 6.07) is -0.150. The third kappa shape index (κ3) is 3.84. The van der Waals surface area contributed by atoms with Crippen LogP contribution in [0.5, 0.6) is 0 Å². The summed E-state index contributed by atoms with van der Waals surface area (Å²) in [5, 5.41) is 14.3. The molecule has 0 spiro atoms. The van der Waals surface area contributed by atoms with Gasteiger partial charge in [0, 0.05) is 38.5 Å². The Kier molecular flexibility index (Phi) is 4.24. The van der Waals surface area contributed by atoms with Gasteiger partial charge in [-0.15, -0.1) is 0 Å². The van der Waals surface area contributed by atoms with Crippen molar-refractivity contribution in [3.8, 4) is 0 Å². The molecular formula is C12H19N3O4. The van der Waals surface area contributed by atoms with Gasteiger partial charge in [-0.1, -0.05) is 0 Å². The number of rotatable bonds is 4. The van der Waals surface area contributed by atoms with Crippen LogP contribution in [0.3, 0.4) is 0 Å². The summed E-state index contributed by atoms with van der Waals surface area (Å²) in [6.45, 7) is 1.53.